The molecule has 2 amide bonds. The molecule has 1 N–H and O–H groups in total. The molecule has 7 heteroatoms. The lowest BCUT2D eigenvalue weighted by Gasteiger charge is -2.36. The summed E-state index contributed by atoms with van der Waals surface area (Å²) in [6.45, 7) is 4.99. The third kappa shape index (κ3) is 3.16. The van der Waals surface area contributed by atoms with E-state index in [0.29, 0.717) is 32.7 Å². The fourth-order valence-electron chi connectivity index (χ4n) is 2.83. The largest absolute Gasteiger partial charge is 0.480 e. The van der Waals surface area contributed by atoms with E-state index in [1.165, 1.54) is 4.90 Å². The van der Waals surface area contributed by atoms with Crippen LogP contribution in [-0.2, 0) is 14.4 Å². The average molecular weight is 283 g/mol. The van der Waals surface area contributed by atoms with E-state index in [-0.39, 0.29) is 30.8 Å². The van der Waals surface area contributed by atoms with Crippen LogP contribution in [0.2, 0.25) is 0 Å². The monoisotopic (exact) mass is 283 g/mol. The number of hydrogen-bond donors (Lipinski definition) is 1. The number of hydrogen-bond acceptors (Lipinski definition) is 5. The highest BCUT2D eigenvalue weighted by Gasteiger charge is 2.42. The van der Waals surface area contributed by atoms with E-state index >= 15 is 0 Å². The number of amides is 2. The van der Waals surface area contributed by atoms with Crippen LogP contribution < -0.4 is 0 Å². The molecular weight excluding hydrogens is 262 g/mol. The predicted molar refractivity (Wildman–Crippen MR) is 71.1 cm³/mol. The molecule has 20 heavy (non-hydrogen) atoms. The number of piperazine rings is 1. The van der Waals surface area contributed by atoms with Crippen LogP contribution in [0.25, 0.3) is 0 Å². The highest BCUT2D eigenvalue weighted by atomic mass is 16.4. The summed E-state index contributed by atoms with van der Waals surface area (Å²) in [5.74, 6) is -1.02. The summed E-state index contributed by atoms with van der Waals surface area (Å²) in [5, 5.41) is 8.75. The number of carboxylic acids is 1. The zero-order chi connectivity index (χ0) is 14.7. The third-order valence-electron chi connectivity index (χ3n) is 3.87. The van der Waals surface area contributed by atoms with Gasteiger partial charge in [0.05, 0.1) is 19.0 Å². The maximum atomic E-state index is 12.2. The minimum Gasteiger partial charge on any atom is -0.480 e. The zero-order valence-electron chi connectivity index (χ0n) is 11.7. The first kappa shape index (κ1) is 14.9. The second-order valence-corrected chi connectivity index (χ2v) is 5.31. The highest BCUT2D eigenvalue weighted by molar-refractivity contribution is 6.05. The van der Waals surface area contributed by atoms with Crippen molar-refractivity contribution in [2.75, 3.05) is 39.3 Å². The number of carbonyl (C=O) groups is 3. The molecule has 0 aliphatic carbocycles. The van der Waals surface area contributed by atoms with Crippen LogP contribution >= 0.6 is 0 Å². The van der Waals surface area contributed by atoms with Gasteiger partial charge in [0.25, 0.3) is 0 Å². The van der Waals surface area contributed by atoms with Gasteiger partial charge in [0, 0.05) is 32.7 Å². The molecular formula is C13H21N3O4. The molecule has 112 valence electrons. The number of rotatable bonds is 5. The molecule has 2 heterocycles. The Kier molecular flexibility index (Phi) is 4.72. The van der Waals surface area contributed by atoms with E-state index < -0.39 is 5.97 Å². The smallest absolute Gasteiger partial charge is 0.317 e. The summed E-state index contributed by atoms with van der Waals surface area (Å²) in [6, 6.07) is -0.346. The predicted octanol–water partition coefficient (Wildman–Crippen LogP) is -0.774. The van der Waals surface area contributed by atoms with Crippen LogP contribution in [0, 0.1) is 0 Å². The van der Waals surface area contributed by atoms with Gasteiger partial charge in [0.15, 0.2) is 0 Å². The summed E-state index contributed by atoms with van der Waals surface area (Å²) in [5.41, 5.74) is 0. The van der Waals surface area contributed by atoms with Crippen molar-refractivity contribution in [2.24, 2.45) is 0 Å². The Bertz CT molecular complexity index is 404. The molecule has 0 bridgehead atoms. The second-order valence-electron chi connectivity index (χ2n) is 5.31. The number of nitrogens with zero attached hydrogens (tertiary/aromatic N) is 3. The van der Waals surface area contributed by atoms with Gasteiger partial charge in [-0.25, -0.2) is 0 Å². The lowest BCUT2D eigenvalue weighted by atomic mass is 10.1. The van der Waals surface area contributed by atoms with Crippen molar-refractivity contribution >= 4 is 17.8 Å². The van der Waals surface area contributed by atoms with Crippen molar-refractivity contribution in [1.82, 2.24) is 14.7 Å². The van der Waals surface area contributed by atoms with Crippen molar-refractivity contribution in [1.29, 1.82) is 0 Å². The maximum Gasteiger partial charge on any atom is 0.317 e. The molecule has 0 spiro atoms. The Morgan fingerprint density at radius 3 is 2.45 bits per heavy atom. The van der Waals surface area contributed by atoms with Crippen LogP contribution in [0.3, 0.4) is 0 Å². The van der Waals surface area contributed by atoms with E-state index in [9.17, 15) is 14.4 Å². The Morgan fingerprint density at radius 1 is 1.25 bits per heavy atom. The van der Waals surface area contributed by atoms with E-state index in [0.717, 1.165) is 6.42 Å². The number of carbonyl (C=O) groups excluding carboxylic acids is 2. The van der Waals surface area contributed by atoms with Crippen LogP contribution in [0.1, 0.15) is 19.8 Å². The quantitative estimate of drug-likeness (QED) is 0.667. The van der Waals surface area contributed by atoms with Gasteiger partial charge in [0.1, 0.15) is 0 Å². The summed E-state index contributed by atoms with van der Waals surface area (Å²) in [4.78, 5) is 39.9. The molecule has 1 unspecified atom stereocenters. The molecule has 2 saturated heterocycles. The van der Waals surface area contributed by atoms with E-state index in [1.54, 1.807) is 0 Å². The van der Waals surface area contributed by atoms with Gasteiger partial charge < -0.3 is 5.11 Å². The molecule has 2 fully saturated rings. The molecule has 2 rings (SSSR count). The summed E-state index contributed by atoms with van der Waals surface area (Å²) >= 11 is 0. The van der Waals surface area contributed by atoms with Crippen molar-refractivity contribution < 1.29 is 19.5 Å². The van der Waals surface area contributed by atoms with Gasteiger partial charge in [-0.1, -0.05) is 6.92 Å². The fraction of sp³-hybridized carbons (Fsp3) is 0.769. The van der Waals surface area contributed by atoms with Crippen molar-refractivity contribution in [3.63, 3.8) is 0 Å². The molecule has 2 aliphatic rings. The van der Waals surface area contributed by atoms with Gasteiger partial charge in [-0.3, -0.25) is 29.1 Å². The zero-order valence-corrected chi connectivity index (χ0v) is 11.7. The first-order valence-electron chi connectivity index (χ1n) is 7.05. The average Bonchev–Trinajstić information content (AvgIpc) is 2.67. The van der Waals surface area contributed by atoms with Crippen molar-refractivity contribution in [3.8, 4) is 0 Å². The van der Waals surface area contributed by atoms with Crippen molar-refractivity contribution in [3.05, 3.63) is 0 Å². The standard InChI is InChI=1S/C13H21N3O4/c1-2-3-16-11(17)8-10(13(16)20)15-6-4-14(5-7-15)9-12(18)19/h10H,2-9H2,1H3,(H,18,19). The molecule has 0 aromatic carbocycles. The Morgan fingerprint density at radius 2 is 1.90 bits per heavy atom. The van der Waals surface area contributed by atoms with Gasteiger partial charge in [-0.2, -0.15) is 0 Å². The van der Waals surface area contributed by atoms with Crippen LogP contribution in [0.4, 0.5) is 0 Å². The number of aliphatic carboxylic acids is 1. The minimum absolute atomic E-state index is 0.0351. The molecule has 0 radical (unpaired) electrons. The molecule has 1 atom stereocenters. The molecule has 0 saturated carbocycles. The second kappa shape index (κ2) is 6.32. The normalized spacial score (nSPS) is 25.4. The number of likely N-dealkylation sites (tertiary alicyclic amines) is 1. The van der Waals surface area contributed by atoms with Crippen LogP contribution in [0.5, 0.6) is 0 Å². The van der Waals surface area contributed by atoms with Gasteiger partial charge in [0.2, 0.25) is 11.8 Å². The van der Waals surface area contributed by atoms with E-state index in [2.05, 4.69) is 0 Å². The Balaban J connectivity index is 1.89. The first-order valence-corrected chi connectivity index (χ1v) is 7.05. The van der Waals surface area contributed by atoms with Crippen LogP contribution in [0.15, 0.2) is 0 Å². The van der Waals surface area contributed by atoms with E-state index in [1.807, 2.05) is 16.7 Å². The summed E-state index contributed by atoms with van der Waals surface area (Å²) in [6.07, 6.45) is 1.04. The van der Waals surface area contributed by atoms with Gasteiger partial charge in [-0.15, -0.1) is 0 Å². The summed E-state index contributed by atoms with van der Waals surface area (Å²) in [7, 11) is 0. The SMILES string of the molecule is CCCN1C(=O)CC(N2CCN(CC(=O)O)CC2)C1=O. The lowest BCUT2D eigenvalue weighted by molar-refractivity contribution is -0.141. The van der Waals surface area contributed by atoms with Gasteiger partial charge in [-0.05, 0) is 6.42 Å². The summed E-state index contributed by atoms with van der Waals surface area (Å²) < 4.78 is 0. The molecule has 0 aromatic heterocycles. The molecule has 0 aromatic rings. The first-order chi connectivity index (χ1) is 9.52. The number of carboxylic acid groups (broad SMARTS) is 1. The fourth-order valence-corrected chi connectivity index (χ4v) is 2.83. The third-order valence-corrected chi connectivity index (χ3v) is 3.87. The number of imide groups is 1. The highest BCUT2D eigenvalue weighted by Crippen LogP contribution is 2.20. The van der Waals surface area contributed by atoms with Crippen molar-refractivity contribution in [2.45, 2.75) is 25.8 Å². The Labute approximate surface area is 118 Å². The lowest BCUT2D eigenvalue weighted by Crippen LogP contribution is -2.53. The molecule has 2 aliphatic heterocycles. The van der Waals surface area contributed by atoms with Gasteiger partial charge >= 0.3 is 5.97 Å². The molecule has 7 nitrogen and oxygen atoms in total. The Hall–Kier alpha value is -1.47. The topological polar surface area (TPSA) is 81.2 Å². The van der Waals surface area contributed by atoms with E-state index in [4.69, 9.17) is 5.11 Å². The maximum absolute atomic E-state index is 12.2. The van der Waals surface area contributed by atoms with Crippen LogP contribution in [-0.4, -0.2) is 82.9 Å². The minimum atomic E-state index is -0.834.